The number of aryl methyl sites for hydroxylation is 3. The van der Waals surface area contributed by atoms with Gasteiger partial charge in [0.15, 0.2) is 10.8 Å². The van der Waals surface area contributed by atoms with Crippen LogP contribution in [0.25, 0.3) is 16.9 Å². The minimum absolute atomic E-state index is 0.0291. The summed E-state index contributed by atoms with van der Waals surface area (Å²) in [6.45, 7) is 5.42. The fourth-order valence-electron chi connectivity index (χ4n) is 3.60. The van der Waals surface area contributed by atoms with Crippen LogP contribution in [-0.2, 0) is 11.2 Å². The molecule has 0 aliphatic rings. The van der Waals surface area contributed by atoms with Gasteiger partial charge in [-0.25, -0.2) is 14.5 Å². The number of thiazole rings is 1. The summed E-state index contributed by atoms with van der Waals surface area (Å²) in [7, 11) is 0. The average Bonchev–Trinajstić information content (AvgIpc) is 3.40. The Bertz CT molecular complexity index is 1450. The average molecular weight is 462 g/mol. The number of hydrogen-bond acceptors (Lipinski definition) is 8. The van der Waals surface area contributed by atoms with E-state index < -0.39 is 4.92 Å². The maximum atomic E-state index is 12.5. The maximum Gasteiger partial charge on any atom is 0.272 e. The number of fused-ring (bicyclic) bond motifs is 1. The number of anilines is 1. The quantitative estimate of drug-likeness (QED) is 0.336. The summed E-state index contributed by atoms with van der Waals surface area (Å²) in [6, 6.07) is 7.01. The van der Waals surface area contributed by atoms with Crippen LogP contribution in [0, 0.1) is 42.2 Å². The summed E-state index contributed by atoms with van der Waals surface area (Å²) in [5.74, 6) is -0.206. The van der Waals surface area contributed by atoms with E-state index in [-0.39, 0.29) is 18.0 Å². The van der Waals surface area contributed by atoms with Crippen LogP contribution < -0.4 is 5.32 Å². The normalized spacial score (nSPS) is 10.8. The van der Waals surface area contributed by atoms with Crippen molar-refractivity contribution in [2.24, 2.45) is 0 Å². The van der Waals surface area contributed by atoms with Gasteiger partial charge in [-0.2, -0.15) is 10.4 Å². The molecule has 3 aromatic heterocycles. The summed E-state index contributed by atoms with van der Waals surface area (Å²) < 4.78 is 1.62. The van der Waals surface area contributed by atoms with E-state index in [0.29, 0.717) is 39.6 Å². The second kappa shape index (κ2) is 8.76. The molecule has 1 aromatic carbocycles. The van der Waals surface area contributed by atoms with E-state index in [2.05, 4.69) is 26.5 Å². The first-order chi connectivity index (χ1) is 15.8. The van der Waals surface area contributed by atoms with Crippen molar-refractivity contribution in [1.29, 1.82) is 5.26 Å². The molecule has 33 heavy (non-hydrogen) atoms. The van der Waals surface area contributed by atoms with E-state index >= 15 is 0 Å². The fraction of sp³-hybridized carbons (Fsp3) is 0.227. The molecular formula is C22H19N7O3S. The molecule has 11 heteroatoms. The van der Waals surface area contributed by atoms with Crippen LogP contribution in [0.1, 0.15) is 34.5 Å². The molecule has 1 N–H and O–H groups in total. The van der Waals surface area contributed by atoms with E-state index in [0.717, 1.165) is 17.0 Å². The molecule has 0 bridgehead atoms. The van der Waals surface area contributed by atoms with Crippen molar-refractivity contribution < 1.29 is 9.72 Å². The fourth-order valence-corrected chi connectivity index (χ4v) is 4.34. The first-order valence-electron chi connectivity index (χ1n) is 10.0. The third-order valence-electron chi connectivity index (χ3n) is 5.38. The van der Waals surface area contributed by atoms with Gasteiger partial charge in [0.25, 0.3) is 5.69 Å². The van der Waals surface area contributed by atoms with E-state index in [9.17, 15) is 20.2 Å². The zero-order valence-corrected chi connectivity index (χ0v) is 18.9. The summed E-state index contributed by atoms with van der Waals surface area (Å²) >= 11 is 1.26. The number of carbonyl (C=O) groups excluding carboxylic acids is 1. The lowest BCUT2D eigenvalue weighted by molar-refractivity contribution is -0.385. The van der Waals surface area contributed by atoms with Gasteiger partial charge in [0.2, 0.25) is 5.91 Å². The van der Waals surface area contributed by atoms with Gasteiger partial charge < -0.3 is 5.32 Å². The van der Waals surface area contributed by atoms with Crippen LogP contribution in [0.3, 0.4) is 0 Å². The van der Waals surface area contributed by atoms with E-state index in [1.807, 2.05) is 13.8 Å². The third kappa shape index (κ3) is 4.28. The molecular weight excluding hydrogens is 442 g/mol. The Morgan fingerprint density at radius 1 is 1.30 bits per heavy atom. The lowest BCUT2D eigenvalue weighted by Crippen LogP contribution is -2.14. The van der Waals surface area contributed by atoms with Gasteiger partial charge in [0.05, 0.1) is 16.8 Å². The highest BCUT2D eigenvalue weighted by atomic mass is 32.1. The molecule has 10 nitrogen and oxygen atoms in total. The van der Waals surface area contributed by atoms with Gasteiger partial charge >= 0.3 is 0 Å². The number of amides is 1. The van der Waals surface area contributed by atoms with Crippen molar-refractivity contribution in [3.63, 3.8) is 0 Å². The molecule has 0 fully saturated rings. The Morgan fingerprint density at radius 2 is 2.09 bits per heavy atom. The molecule has 0 radical (unpaired) electrons. The van der Waals surface area contributed by atoms with Crippen molar-refractivity contribution in [3.8, 4) is 17.3 Å². The Morgan fingerprint density at radius 3 is 2.82 bits per heavy atom. The number of aromatic nitrogens is 4. The highest BCUT2D eigenvalue weighted by Crippen LogP contribution is 2.29. The number of hydrogen-bond donors (Lipinski definition) is 1. The van der Waals surface area contributed by atoms with Crippen molar-refractivity contribution in [3.05, 3.63) is 68.0 Å². The maximum absolute atomic E-state index is 12.5. The number of benzene rings is 1. The summed E-state index contributed by atoms with van der Waals surface area (Å²) in [4.78, 5) is 32.2. The lowest BCUT2D eigenvalue weighted by atomic mass is 10.1. The van der Waals surface area contributed by atoms with Crippen LogP contribution in [-0.4, -0.2) is 30.4 Å². The zero-order chi connectivity index (χ0) is 23.7. The SMILES string of the molecule is Cc1ccc(-c2csc(NC(=O)CCc3c(C)nc4c(C#N)cnn4c3C)n2)cc1[N+](=O)[O-]. The number of nitriles is 1. The smallest absolute Gasteiger partial charge is 0.272 e. The van der Waals surface area contributed by atoms with Gasteiger partial charge in [-0.3, -0.25) is 14.9 Å². The number of nitrogens with zero attached hydrogens (tertiary/aromatic N) is 6. The molecule has 0 unspecified atom stereocenters. The molecule has 0 aliphatic carbocycles. The van der Waals surface area contributed by atoms with E-state index in [4.69, 9.17) is 0 Å². The number of carbonyl (C=O) groups is 1. The van der Waals surface area contributed by atoms with Crippen LogP contribution in [0.2, 0.25) is 0 Å². The van der Waals surface area contributed by atoms with Gasteiger partial charge in [-0.15, -0.1) is 11.3 Å². The van der Waals surface area contributed by atoms with Crippen LogP contribution >= 0.6 is 11.3 Å². The van der Waals surface area contributed by atoms with Gasteiger partial charge in [-0.1, -0.05) is 12.1 Å². The number of nitrogens with one attached hydrogen (secondary N) is 1. The highest BCUT2D eigenvalue weighted by Gasteiger charge is 2.17. The van der Waals surface area contributed by atoms with Gasteiger partial charge in [0, 0.05) is 40.4 Å². The first kappa shape index (κ1) is 22.0. The minimum Gasteiger partial charge on any atom is -0.302 e. The molecule has 0 spiro atoms. The molecule has 3 heterocycles. The molecule has 0 atom stereocenters. The molecule has 0 saturated carbocycles. The zero-order valence-electron chi connectivity index (χ0n) is 18.1. The van der Waals surface area contributed by atoms with E-state index in [1.165, 1.54) is 23.6 Å². The molecule has 0 aliphatic heterocycles. The third-order valence-corrected chi connectivity index (χ3v) is 6.14. The number of nitro groups is 1. The summed E-state index contributed by atoms with van der Waals surface area (Å²) in [5, 5.41) is 29.6. The minimum atomic E-state index is -0.422. The topological polar surface area (TPSA) is 139 Å². The summed E-state index contributed by atoms with van der Waals surface area (Å²) in [6.07, 6.45) is 2.15. The Labute approximate surface area is 192 Å². The van der Waals surface area contributed by atoms with Crippen molar-refractivity contribution in [1.82, 2.24) is 19.6 Å². The molecule has 4 rings (SSSR count). The first-order valence-corrected chi connectivity index (χ1v) is 10.9. The van der Waals surface area contributed by atoms with Gasteiger partial charge in [-0.05, 0) is 32.8 Å². The number of nitro benzene ring substituents is 1. The predicted octanol–water partition coefficient (Wildman–Crippen LogP) is 4.13. The Hall–Kier alpha value is -4.17. The molecule has 4 aromatic rings. The molecule has 0 saturated heterocycles. The largest absolute Gasteiger partial charge is 0.302 e. The summed E-state index contributed by atoms with van der Waals surface area (Å²) in [5.41, 5.74) is 5.18. The van der Waals surface area contributed by atoms with Crippen LogP contribution in [0.5, 0.6) is 0 Å². The predicted molar refractivity (Wildman–Crippen MR) is 123 cm³/mol. The molecule has 166 valence electrons. The lowest BCUT2D eigenvalue weighted by Gasteiger charge is -2.11. The standard InChI is InChI=1S/C22H19N7O3S/c1-12-4-5-15(8-19(12)29(31)32)18-11-33-22(26-18)27-20(30)7-6-17-13(2)25-21-16(9-23)10-24-28(21)14(17)3/h4-5,8,10-11H,6-7H2,1-3H3,(H,26,27,30). The van der Waals surface area contributed by atoms with Gasteiger partial charge in [0.1, 0.15) is 11.6 Å². The van der Waals surface area contributed by atoms with Crippen LogP contribution in [0.4, 0.5) is 10.8 Å². The van der Waals surface area contributed by atoms with Crippen molar-refractivity contribution in [2.75, 3.05) is 5.32 Å². The van der Waals surface area contributed by atoms with Crippen LogP contribution in [0.15, 0.2) is 29.8 Å². The Balaban J connectivity index is 1.46. The molecule has 1 amide bonds. The Kier molecular flexibility index (Phi) is 5.85. The van der Waals surface area contributed by atoms with Crippen molar-refractivity contribution in [2.45, 2.75) is 33.6 Å². The monoisotopic (exact) mass is 461 g/mol. The van der Waals surface area contributed by atoms with E-state index in [1.54, 1.807) is 29.0 Å². The van der Waals surface area contributed by atoms with Crippen molar-refractivity contribution >= 4 is 33.7 Å². The number of rotatable bonds is 6. The second-order valence-corrected chi connectivity index (χ2v) is 8.37. The highest BCUT2D eigenvalue weighted by molar-refractivity contribution is 7.14. The second-order valence-electron chi connectivity index (χ2n) is 7.51.